The van der Waals surface area contributed by atoms with Gasteiger partial charge in [0.15, 0.2) is 0 Å². The molecule has 2 amide bonds. The lowest BCUT2D eigenvalue weighted by Gasteiger charge is -2.27. The van der Waals surface area contributed by atoms with Gasteiger partial charge in [-0.3, -0.25) is 9.59 Å². The van der Waals surface area contributed by atoms with Crippen molar-refractivity contribution in [2.24, 2.45) is 5.92 Å². The number of aryl methyl sites for hydroxylation is 1. The molecule has 1 fully saturated rings. The summed E-state index contributed by atoms with van der Waals surface area (Å²) in [6, 6.07) is 20.3. The summed E-state index contributed by atoms with van der Waals surface area (Å²) in [5, 5.41) is 4.66. The first kappa shape index (κ1) is 24.1. The third-order valence-electron chi connectivity index (χ3n) is 5.82. The molecule has 2 heterocycles. The van der Waals surface area contributed by atoms with E-state index in [1.54, 1.807) is 4.90 Å². The highest BCUT2D eigenvalue weighted by atomic mass is 32.2. The fourth-order valence-corrected chi connectivity index (χ4v) is 5.85. The molecule has 0 saturated carbocycles. The van der Waals surface area contributed by atoms with Crippen molar-refractivity contribution in [3.8, 4) is 0 Å². The van der Waals surface area contributed by atoms with E-state index >= 15 is 0 Å². The Morgan fingerprint density at radius 3 is 2.47 bits per heavy atom. The van der Waals surface area contributed by atoms with Crippen molar-refractivity contribution in [3.63, 3.8) is 0 Å². The first-order valence-electron chi connectivity index (χ1n) is 11.1. The fraction of sp³-hybridized carbons (Fsp3) is 0.280. The highest BCUT2D eigenvalue weighted by Crippen LogP contribution is 2.43. The van der Waals surface area contributed by atoms with Crippen molar-refractivity contribution >= 4 is 38.9 Å². The number of thiophene rings is 1. The van der Waals surface area contributed by atoms with Gasteiger partial charge in [-0.05, 0) is 36.1 Å². The summed E-state index contributed by atoms with van der Waals surface area (Å²) in [4.78, 5) is 28.7. The zero-order valence-electron chi connectivity index (χ0n) is 18.8. The standard InChI is InChI=1S/C25H27N3O4S2/c1-18-9-11-20(12-10-18)28-23(29)16-21(24(28)22-8-5-14-33-22)25(30)26-13-15-34(31,32)27-17-19-6-3-2-4-7-19/h2-12,14,21,24,27H,13,15-17H2,1H3,(H,26,30). The van der Waals surface area contributed by atoms with Gasteiger partial charge in [0, 0.05) is 30.1 Å². The Balaban J connectivity index is 1.41. The quantitative estimate of drug-likeness (QED) is 0.474. The van der Waals surface area contributed by atoms with E-state index in [0.29, 0.717) is 0 Å². The zero-order valence-corrected chi connectivity index (χ0v) is 20.4. The van der Waals surface area contributed by atoms with E-state index in [1.807, 2.05) is 79.0 Å². The number of benzene rings is 2. The van der Waals surface area contributed by atoms with Crippen LogP contribution >= 0.6 is 11.3 Å². The predicted octanol–water partition coefficient (Wildman–Crippen LogP) is 3.39. The van der Waals surface area contributed by atoms with Crippen LogP contribution in [0.25, 0.3) is 0 Å². The molecule has 0 aliphatic carbocycles. The summed E-state index contributed by atoms with van der Waals surface area (Å²) in [5.74, 6) is -1.29. The molecule has 2 aromatic carbocycles. The molecule has 0 radical (unpaired) electrons. The van der Waals surface area contributed by atoms with E-state index in [-0.39, 0.29) is 37.1 Å². The van der Waals surface area contributed by atoms with E-state index in [2.05, 4.69) is 10.0 Å². The molecular weight excluding hydrogens is 470 g/mol. The molecule has 0 bridgehead atoms. The van der Waals surface area contributed by atoms with Crippen LogP contribution in [0.15, 0.2) is 72.1 Å². The van der Waals surface area contributed by atoms with Gasteiger partial charge in [-0.15, -0.1) is 11.3 Å². The number of nitrogens with zero attached hydrogens (tertiary/aromatic N) is 1. The number of sulfonamides is 1. The molecule has 3 aromatic rings. The SMILES string of the molecule is Cc1ccc(N2C(=O)CC(C(=O)NCCS(=O)(=O)NCc3ccccc3)C2c2cccs2)cc1. The van der Waals surface area contributed by atoms with Crippen molar-refractivity contribution in [3.05, 3.63) is 88.1 Å². The summed E-state index contributed by atoms with van der Waals surface area (Å²) < 4.78 is 27.3. The minimum absolute atomic E-state index is 0.0324. The van der Waals surface area contributed by atoms with Crippen molar-refractivity contribution in [2.45, 2.75) is 25.9 Å². The first-order chi connectivity index (χ1) is 16.3. The van der Waals surface area contributed by atoms with Crippen LogP contribution in [-0.2, 0) is 26.2 Å². The number of rotatable bonds is 9. The summed E-state index contributed by atoms with van der Waals surface area (Å²) in [5.41, 5.74) is 2.69. The molecular formula is C25H27N3O4S2. The molecule has 2 atom stereocenters. The first-order valence-corrected chi connectivity index (χ1v) is 13.6. The molecule has 34 heavy (non-hydrogen) atoms. The Bertz CT molecular complexity index is 1230. The Kier molecular flexibility index (Phi) is 7.45. The average Bonchev–Trinajstić information content (AvgIpc) is 3.47. The molecule has 1 aliphatic heterocycles. The minimum atomic E-state index is -3.56. The maximum absolute atomic E-state index is 13.1. The molecule has 9 heteroatoms. The lowest BCUT2D eigenvalue weighted by molar-refractivity contribution is -0.126. The molecule has 2 unspecified atom stereocenters. The smallest absolute Gasteiger partial charge is 0.228 e. The Morgan fingerprint density at radius 2 is 1.79 bits per heavy atom. The van der Waals surface area contributed by atoms with Crippen molar-refractivity contribution in [1.82, 2.24) is 10.0 Å². The zero-order chi connectivity index (χ0) is 24.1. The topological polar surface area (TPSA) is 95.6 Å². The predicted molar refractivity (Wildman–Crippen MR) is 134 cm³/mol. The summed E-state index contributed by atoms with van der Waals surface area (Å²) >= 11 is 1.50. The third kappa shape index (κ3) is 5.72. The van der Waals surface area contributed by atoms with E-state index in [0.717, 1.165) is 21.7 Å². The lowest BCUT2D eigenvalue weighted by atomic mass is 9.97. The number of hydrogen-bond acceptors (Lipinski definition) is 5. The molecule has 2 N–H and O–H groups in total. The van der Waals surface area contributed by atoms with Crippen LogP contribution in [0.4, 0.5) is 5.69 Å². The third-order valence-corrected chi connectivity index (χ3v) is 8.08. The van der Waals surface area contributed by atoms with E-state index < -0.39 is 22.0 Å². The van der Waals surface area contributed by atoms with Gasteiger partial charge in [-0.2, -0.15) is 0 Å². The highest BCUT2D eigenvalue weighted by Gasteiger charge is 2.45. The van der Waals surface area contributed by atoms with Crippen LogP contribution in [0.2, 0.25) is 0 Å². The highest BCUT2D eigenvalue weighted by molar-refractivity contribution is 7.89. The van der Waals surface area contributed by atoms with Crippen molar-refractivity contribution in [1.29, 1.82) is 0 Å². The van der Waals surface area contributed by atoms with Crippen LogP contribution in [0.5, 0.6) is 0 Å². The molecule has 1 aliphatic rings. The number of hydrogen-bond donors (Lipinski definition) is 2. The number of carbonyl (C=O) groups is 2. The largest absolute Gasteiger partial charge is 0.355 e. The molecule has 7 nitrogen and oxygen atoms in total. The van der Waals surface area contributed by atoms with Crippen LogP contribution < -0.4 is 14.9 Å². The monoisotopic (exact) mass is 497 g/mol. The average molecular weight is 498 g/mol. The van der Waals surface area contributed by atoms with Crippen LogP contribution in [0.1, 0.15) is 28.5 Å². The van der Waals surface area contributed by atoms with Gasteiger partial charge in [-0.1, -0.05) is 54.1 Å². The normalized spacial score (nSPS) is 18.3. The Morgan fingerprint density at radius 1 is 1.06 bits per heavy atom. The van der Waals surface area contributed by atoms with Gasteiger partial charge < -0.3 is 10.2 Å². The van der Waals surface area contributed by atoms with Crippen LogP contribution in [0, 0.1) is 12.8 Å². The molecule has 4 rings (SSSR count). The van der Waals surface area contributed by atoms with Gasteiger partial charge in [0.25, 0.3) is 0 Å². The van der Waals surface area contributed by atoms with Crippen LogP contribution in [-0.4, -0.2) is 32.5 Å². The Labute approximate surface area is 203 Å². The van der Waals surface area contributed by atoms with Gasteiger partial charge in [0.05, 0.1) is 17.7 Å². The minimum Gasteiger partial charge on any atom is -0.355 e. The second-order valence-electron chi connectivity index (χ2n) is 8.29. The summed E-state index contributed by atoms with van der Waals surface area (Å²) in [7, 11) is -3.56. The fourth-order valence-electron chi connectivity index (χ4n) is 4.07. The number of nitrogens with one attached hydrogen (secondary N) is 2. The van der Waals surface area contributed by atoms with Crippen molar-refractivity contribution in [2.75, 3.05) is 17.2 Å². The summed E-state index contributed by atoms with van der Waals surface area (Å²) in [6.07, 6.45) is 0.0707. The van der Waals surface area contributed by atoms with Crippen LogP contribution in [0.3, 0.4) is 0 Å². The summed E-state index contributed by atoms with van der Waals surface area (Å²) in [6.45, 7) is 2.14. The maximum atomic E-state index is 13.1. The number of amides is 2. The molecule has 1 saturated heterocycles. The van der Waals surface area contributed by atoms with Gasteiger partial charge >= 0.3 is 0 Å². The molecule has 178 valence electrons. The molecule has 0 spiro atoms. The lowest BCUT2D eigenvalue weighted by Crippen LogP contribution is -2.39. The van der Waals surface area contributed by atoms with E-state index in [1.165, 1.54) is 11.3 Å². The van der Waals surface area contributed by atoms with E-state index in [9.17, 15) is 18.0 Å². The second kappa shape index (κ2) is 10.5. The van der Waals surface area contributed by atoms with Gasteiger partial charge in [0.1, 0.15) is 0 Å². The van der Waals surface area contributed by atoms with Gasteiger partial charge in [-0.25, -0.2) is 13.1 Å². The van der Waals surface area contributed by atoms with Gasteiger partial charge in [0.2, 0.25) is 21.8 Å². The number of anilines is 1. The second-order valence-corrected chi connectivity index (χ2v) is 11.2. The van der Waals surface area contributed by atoms with Crippen molar-refractivity contribution < 1.29 is 18.0 Å². The molecule has 1 aromatic heterocycles. The van der Waals surface area contributed by atoms with E-state index in [4.69, 9.17) is 0 Å². The Hall–Kier alpha value is -3.01. The maximum Gasteiger partial charge on any atom is 0.228 e. The number of carbonyl (C=O) groups excluding carboxylic acids is 2.